The van der Waals surface area contributed by atoms with Crippen LogP contribution in [0.5, 0.6) is 11.5 Å². The summed E-state index contributed by atoms with van der Waals surface area (Å²) in [6.07, 6.45) is 1.46. The monoisotopic (exact) mass is 596 g/mol. The molecule has 0 radical (unpaired) electrons. The maximum absolute atomic E-state index is 13.2. The summed E-state index contributed by atoms with van der Waals surface area (Å²) >= 11 is 2.14. The highest BCUT2D eigenvalue weighted by Crippen LogP contribution is 2.36. The van der Waals surface area contributed by atoms with Gasteiger partial charge in [0.05, 0.1) is 15.9 Å². The van der Waals surface area contributed by atoms with Gasteiger partial charge in [0.15, 0.2) is 11.5 Å². The van der Waals surface area contributed by atoms with Gasteiger partial charge in [-0.2, -0.15) is 0 Å². The number of ether oxygens (including phenoxy) is 2. The van der Waals surface area contributed by atoms with E-state index in [0.29, 0.717) is 36.0 Å². The standard InChI is InChI=1S/C28H25IN2O5/c1-4-35-24-15-20(14-23(29)25(24)36-16-19-9-5-7-17(2)11-19)13-22-26(32)30-28(34)31(27(22)33)21-10-6-8-18(3)12-21/h5-15H,4,16H2,1-3H3,(H,30,32,34)/b22-13+. The van der Waals surface area contributed by atoms with Crippen molar-refractivity contribution in [2.24, 2.45) is 0 Å². The highest BCUT2D eigenvalue weighted by Gasteiger charge is 2.36. The highest BCUT2D eigenvalue weighted by atomic mass is 127. The summed E-state index contributed by atoms with van der Waals surface area (Å²) in [5.74, 6) is -0.361. The topological polar surface area (TPSA) is 84.9 Å². The molecule has 0 bridgehead atoms. The largest absolute Gasteiger partial charge is 0.490 e. The average Bonchev–Trinajstić information content (AvgIpc) is 2.81. The number of aryl methyl sites for hydroxylation is 2. The van der Waals surface area contributed by atoms with Crippen molar-refractivity contribution in [2.75, 3.05) is 11.5 Å². The summed E-state index contributed by atoms with van der Waals surface area (Å²) in [5.41, 5.74) is 3.87. The third-order valence-corrected chi connectivity index (χ3v) is 6.27. The maximum Gasteiger partial charge on any atom is 0.335 e. The van der Waals surface area contributed by atoms with Gasteiger partial charge in [-0.25, -0.2) is 9.69 Å². The Morgan fingerprint density at radius 1 is 0.944 bits per heavy atom. The van der Waals surface area contributed by atoms with Gasteiger partial charge in [0, 0.05) is 0 Å². The lowest BCUT2D eigenvalue weighted by Crippen LogP contribution is -2.54. The summed E-state index contributed by atoms with van der Waals surface area (Å²) in [7, 11) is 0. The van der Waals surface area contributed by atoms with Gasteiger partial charge in [-0.1, -0.05) is 42.0 Å². The Bertz CT molecular complexity index is 1380. The number of hydrogen-bond donors (Lipinski definition) is 1. The van der Waals surface area contributed by atoms with Gasteiger partial charge in [0.2, 0.25) is 0 Å². The third-order valence-electron chi connectivity index (χ3n) is 5.47. The number of amides is 4. The Kier molecular flexibility index (Phi) is 7.73. The van der Waals surface area contributed by atoms with E-state index in [2.05, 4.69) is 34.0 Å². The first kappa shape index (κ1) is 25.4. The van der Waals surface area contributed by atoms with Crippen molar-refractivity contribution >= 4 is 52.2 Å². The Hall–Kier alpha value is -3.66. The van der Waals surface area contributed by atoms with E-state index in [1.165, 1.54) is 6.08 Å². The Balaban J connectivity index is 1.66. The minimum absolute atomic E-state index is 0.150. The van der Waals surface area contributed by atoms with Gasteiger partial charge in [-0.3, -0.25) is 14.9 Å². The van der Waals surface area contributed by atoms with Gasteiger partial charge in [-0.15, -0.1) is 0 Å². The van der Waals surface area contributed by atoms with E-state index in [0.717, 1.165) is 25.2 Å². The first-order chi connectivity index (χ1) is 17.3. The number of barbiturate groups is 1. The smallest absolute Gasteiger partial charge is 0.335 e. The normalized spacial score (nSPS) is 14.7. The summed E-state index contributed by atoms with van der Waals surface area (Å²) < 4.78 is 12.7. The molecule has 1 aliphatic heterocycles. The van der Waals surface area contributed by atoms with Crippen molar-refractivity contribution in [3.63, 3.8) is 0 Å². The summed E-state index contributed by atoms with van der Waals surface area (Å²) in [6, 6.07) is 17.8. The van der Waals surface area contributed by atoms with E-state index >= 15 is 0 Å². The second-order valence-electron chi connectivity index (χ2n) is 8.34. The van der Waals surface area contributed by atoms with E-state index in [1.54, 1.807) is 30.3 Å². The van der Waals surface area contributed by atoms with Crippen molar-refractivity contribution in [2.45, 2.75) is 27.4 Å². The van der Waals surface area contributed by atoms with Crippen LogP contribution in [0.4, 0.5) is 10.5 Å². The molecule has 1 aliphatic rings. The minimum Gasteiger partial charge on any atom is -0.490 e. The molecule has 8 heteroatoms. The van der Waals surface area contributed by atoms with Crippen LogP contribution in [-0.4, -0.2) is 24.5 Å². The number of halogens is 1. The van der Waals surface area contributed by atoms with Crippen LogP contribution in [-0.2, 0) is 16.2 Å². The lowest BCUT2D eigenvalue weighted by atomic mass is 10.1. The second-order valence-corrected chi connectivity index (χ2v) is 9.50. The molecule has 0 aromatic heterocycles. The van der Waals surface area contributed by atoms with Crippen LogP contribution in [0.25, 0.3) is 6.08 Å². The van der Waals surface area contributed by atoms with Crippen LogP contribution in [0, 0.1) is 17.4 Å². The van der Waals surface area contributed by atoms with Crippen molar-refractivity contribution in [1.29, 1.82) is 0 Å². The van der Waals surface area contributed by atoms with Crippen LogP contribution in [0.1, 0.15) is 29.2 Å². The van der Waals surface area contributed by atoms with Gasteiger partial charge in [-0.05, 0) is 90.4 Å². The SMILES string of the molecule is CCOc1cc(/C=C2\C(=O)NC(=O)N(c3cccc(C)c3)C2=O)cc(I)c1OCc1cccc(C)c1. The zero-order valence-corrected chi connectivity index (χ0v) is 22.3. The Morgan fingerprint density at radius 2 is 1.67 bits per heavy atom. The number of urea groups is 1. The number of rotatable bonds is 7. The second kappa shape index (κ2) is 10.9. The average molecular weight is 596 g/mol. The van der Waals surface area contributed by atoms with Crippen molar-refractivity contribution in [3.05, 3.63) is 92.1 Å². The number of carbonyl (C=O) groups excluding carboxylic acids is 3. The Labute approximate surface area is 223 Å². The molecule has 0 spiro atoms. The predicted molar refractivity (Wildman–Crippen MR) is 146 cm³/mol. The molecule has 0 saturated carbocycles. The molecule has 1 saturated heterocycles. The molecule has 4 amide bonds. The summed E-state index contributed by atoms with van der Waals surface area (Å²) in [5, 5.41) is 2.26. The van der Waals surface area contributed by atoms with Crippen LogP contribution in [0.2, 0.25) is 0 Å². The first-order valence-corrected chi connectivity index (χ1v) is 12.5. The van der Waals surface area contributed by atoms with Crippen molar-refractivity contribution in [1.82, 2.24) is 5.32 Å². The first-order valence-electron chi connectivity index (χ1n) is 11.4. The highest BCUT2D eigenvalue weighted by molar-refractivity contribution is 14.1. The number of nitrogens with one attached hydrogen (secondary N) is 1. The fraction of sp³-hybridized carbons (Fsp3) is 0.179. The molecule has 0 aliphatic carbocycles. The van der Waals surface area contributed by atoms with Gasteiger partial charge < -0.3 is 9.47 Å². The molecular weight excluding hydrogens is 571 g/mol. The fourth-order valence-electron chi connectivity index (χ4n) is 3.86. The minimum atomic E-state index is -0.780. The lowest BCUT2D eigenvalue weighted by molar-refractivity contribution is -0.122. The zero-order chi connectivity index (χ0) is 25.8. The molecule has 7 nitrogen and oxygen atoms in total. The third kappa shape index (κ3) is 5.59. The molecule has 3 aromatic rings. The number of nitrogens with zero attached hydrogens (tertiary/aromatic N) is 1. The molecule has 1 N–H and O–H groups in total. The van der Waals surface area contributed by atoms with E-state index in [4.69, 9.17) is 9.47 Å². The number of carbonyl (C=O) groups is 3. The molecule has 36 heavy (non-hydrogen) atoms. The molecule has 0 atom stereocenters. The number of hydrogen-bond acceptors (Lipinski definition) is 5. The molecule has 3 aromatic carbocycles. The molecule has 0 unspecified atom stereocenters. The molecular formula is C28H25IN2O5. The quantitative estimate of drug-likeness (QED) is 0.220. The van der Waals surface area contributed by atoms with E-state index in [9.17, 15) is 14.4 Å². The number of benzene rings is 3. The Morgan fingerprint density at radius 3 is 2.36 bits per heavy atom. The van der Waals surface area contributed by atoms with E-state index in [-0.39, 0.29) is 5.57 Å². The van der Waals surface area contributed by atoms with Crippen LogP contribution in [0.3, 0.4) is 0 Å². The maximum atomic E-state index is 13.2. The molecule has 4 rings (SSSR count). The predicted octanol–water partition coefficient (Wildman–Crippen LogP) is 5.55. The van der Waals surface area contributed by atoms with Gasteiger partial charge >= 0.3 is 6.03 Å². The molecule has 1 heterocycles. The van der Waals surface area contributed by atoms with Gasteiger partial charge in [0.25, 0.3) is 11.8 Å². The van der Waals surface area contributed by atoms with Crippen LogP contribution >= 0.6 is 22.6 Å². The summed E-state index contributed by atoms with van der Waals surface area (Å²) in [6.45, 7) is 6.53. The zero-order valence-electron chi connectivity index (χ0n) is 20.1. The van der Waals surface area contributed by atoms with Gasteiger partial charge in [0.1, 0.15) is 12.2 Å². The van der Waals surface area contributed by atoms with Crippen LogP contribution < -0.4 is 19.7 Å². The molecule has 1 fully saturated rings. The van der Waals surface area contributed by atoms with E-state index in [1.807, 2.05) is 45.0 Å². The number of anilines is 1. The van der Waals surface area contributed by atoms with Crippen LogP contribution in [0.15, 0.2) is 66.2 Å². The summed E-state index contributed by atoms with van der Waals surface area (Å²) in [4.78, 5) is 39.3. The lowest BCUT2D eigenvalue weighted by Gasteiger charge is -2.26. The number of imide groups is 2. The van der Waals surface area contributed by atoms with Crippen molar-refractivity contribution < 1.29 is 23.9 Å². The van der Waals surface area contributed by atoms with Crippen molar-refractivity contribution in [3.8, 4) is 11.5 Å². The fourth-order valence-corrected chi connectivity index (χ4v) is 4.64. The molecule has 184 valence electrons. The van der Waals surface area contributed by atoms with E-state index < -0.39 is 17.8 Å².